The van der Waals surface area contributed by atoms with Crippen molar-refractivity contribution in [1.82, 2.24) is 9.62 Å². The second-order valence-electron chi connectivity index (χ2n) is 6.23. The molecule has 2 aromatic rings. The Morgan fingerprint density at radius 1 is 1.03 bits per heavy atom. The van der Waals surface area contributed by atoms with Crippen LogP contribution in [0, 0.1) is 10.1 Å². The van der Waals surface area contributed by atoms with Crippen LogP contribution in [-0.4, -0.2) is 37.0 Å². The molecule has 0 spiro atoms. The van der Waals surface area contributed by atoms with Crippen LogP contribution < -0.4 is 16.0 Å². The van der Waals surface area contributed by atoms with Crippen LogP contribution in [0.15, 0.2) is 48.5 Å². The van der Waals surface area contributed by atoms with Gasteiger partial charge in [-0.3, -0.25) is 19.7 Å². The van der Waals surface area contributed by atoms with Crippen molar-refractivity contribution < 1.29 is 19.3 Å². The molecule has 0 aromatic heterocycles. The van der Waals surface area contributed by atoms with Gasteiger partial charge in [-0.1, -0.05) is 59.8 Å². The molecule has 10 nitrogen and oxygen atoms in total. The molecule has 0 radical (unpaired) electrons. The summed E-state index contributed by atoms with van der Waals surface area (Å²) < 4.78 is -1.62. The molecule has 1 atom stereocenters. The topological polar surface area (TPSA) is 134 Å². The lowest BCUT2D eigenvalue weighted by Gasteiger charge is -2.32. The Morgan fingerprint density at radius 3 is 2.06 bits per heavy atom. The van der Waals surface area contributed by atoms with E-state index in [2.05, 4.69) is 28.8 Å². The van der Waals surface area contributed by atoms with Crippen molar-refractivity contribution in [2.24, 2.45) is 0 Å². The van der Waals surface area contributed by atoms with Gasteiger partial charge < -0.3 is 16.0 Å². The highest BCUT2D eigenvalue weighted by Crippen LogP contribution is 2.34. The molecule has 32 heavy (non-hydrogen) atoms. The monoisotopic (exact) mass is 519 g/mol. The first-order chi connectivity index (χ1) is 14.9. The Kier molecular flexibility index (Phi) is 8.56. The van der Waals surface area contributed by atoms with Crippen molar-refractivity contribution in [3.8, 4) is 0 Å². The zero-order valence-electron chi connectivity index (χ0n) is 16.2. The number of nitro groups is 1. The van der Waals surface area contributed by atoms with E-state index < -0.39 is 32.5 Å². The number of nitro benzene ring substituents is 1. The number of urea groups is 1. The van der Waals surface area contributed by atoms with Gasteiger partial charge in [-0.25, -0.2) is 9.10 Å². The molecule has 3 N–H and O–H groups in total. The van der Waals surface area contributed by atoms with Gasteiger partial charge >= 0.3 is 6.03 Å². The third-order valence-electron chi connectivity index (χ3n) is 3.83. The maximum Gasteiger partial charge on any atom is 0.333 e. The molecule has 0 aliphatic rings. The van der Waals surface area contributed by atoms with Crippen LogP contribution in [0.25, 0.3) is 0 Å². The number of halogens is 3. The minimum atomic E-state index is -2.24. The van der Waals surface area contributed by atoms with Crippen LogP contribution in [0.1, 0.15) is 17.3 Å². The molecule has 1 unspecified atom stereocenters. The van der Waals surface area contributed by atoms with Gasteiger partial charge in [-0.05, 0) is 30.3 Å². The Bertz CT molecular complexity index is 1030. The summed E-state index contributed by atoms with van der Waals surface area (Å²) >= 11 is 21.8. The number of nitrogens with zero attached hydrogens (tertiary/aromatic N) is 2. The highest BCUT2D eigenvalue weighted by molar-refractivity contribution is 7.78. The maximum atomic E-state index is 12.6. The zero-order chi connectivity index (χ0) is 24.1. The largest absolute Gasteiger partial charge is 0.333 e. The maximum absolute atomic E-state index is 12.6. The van der Waals surface area contributed by atoms with Crippen LogP contribution in [-0.2, 0) is 4.79 Å². The SMILES string of the molecule is CC(=O)Nc1ccc(NC(=O)N(S)C(NC(=O)c2ccccc2[N+](=O)[O-])C(Cl)(Cl)Cl)cc1. The minimum absolute atomic E-state index is 0.261. The van der Waals surface area contributed by atoms with Crippen LogP contribution >= 0.6 is 47.6 Å². The standard InChI is InChI=1S/C18H16Cl3N5O5S/c1-10(27)22-11-6-8-12(9-7-11)23-17(29)25(32)16(18(19,20)21)24-15(28)13-4-2-3-5-14(13)26(30)31/h2-9,16,32H,1H3,(H,22,27)(H,23,29)(H,24,28). The molecule has 0 fully saturated rings. The summed E-state index contributed by atoms with van der Waals surface area (Å²) in [5, 5.41) is 18.5. The Morgan fingerprint density at radius 2 is 1.56 bits per heavy atom. The van der Waals surface area contributed by atoms with Gasteiger partial charge in [0.05, 0.1) is 4.92 Å². The van der Waals surface area contributed by atoms with Crippen LogP contribution in [0.5, 0.6) is 0 Å². The first-order valence-corrected chi connectivity index (χ1v) is 10.2. The predicted molar refractivity (Wildman–Crippen MR) is 125 cm³/mol. The molecule has 0 saturated heterocycles. The number of nitrogens with one attached hydrogen (secondary N) is 3. The zero-order valence-corrected chi connectivity index (χ0v) is 19.4. The van der Waals surface area contributed by atoms with Crippen molar-refractivity contribution in [2.75, 3.05) is 10.6 Å². The van der Waals surface area contributed by atoms with Gasteiger partial charge in [0, 0.05) is 24.4 Å². The van der Waals surface area contributed by atoms with Gasteiger partial charge in [0.15, 0.2) is 6.17 Å². The Hall–Kier alpha value is -2.73. The van der Waals surface area contributed by atoms with Gasteiger partial charge in [0.2, 0.25) is 9.70 Å². The molecule has 4 amide bonds. The molecule has 0 aliphatic heterocycles. The predicted octanol–water partition coefficient (Wildman–Crippen LogP) is 4.36. The van der Waals surface area contributed by atoms with E-state index >= 15 is 0 Å². The third kappa shape index (κ3) is 6.89. The lowest BCUT2D eigenvalue weighted by molar-refractivity contribution is -0.385. The second kappa shape index (κ2) is 10.7. The molecule has 2 rings (SSSR count). The number of hydrogen-bond donors (Lipinski definition) is 4. The van der Waals surface area contributed by atoms with Crippen molar-refractivity contribution >= 4 is 82.5 Å². The lowest BCUT2D eigenvalue weighted by Crippen LogP contribution is -2.54. The first-order valence-electron chi connectivity index (χ1n) is 8.68. The second-order valence-corrected chi connectivity index (χ2v) is 9.03. The van der Waals surface area contributed by atoms with E-state index in [4.69, 9.17) is 34.8 Å². The van der Waals surface area contributed by atoms with Crippen molar-refractivity contribution in [3.05, 3.63) is 64.2 Å². The molecule has 14 heteroatoms. The molecule has 170 valence electrons. The molecule has 0 bridgehead atoms. The summed E-state index contributed by atoms with van der Waals surface area (Å²) in [5.74, 6) is -1.22. The fourth-order valence-electron chi connectivity index (χ4n) is 2.45. The van der Waals surface area contributed by atoms with Crippen molar-refractivity contribution in [2.45, 2.75) is 16.9 Å². The van der Waals surface area contributed by atoms with E-state index in [0.717, 1.165) is 6.07 Å². The number of rotatable bonds is 6. The number of carbonyl (C=O) groups is 3. The fourth-order valence-corrected chi connectivity index (χ4v) is 3.39. The highest BCUT2D eigenvalue weighted by atomic mass is 35.6. The van der Waals surface area contributed by atoms with E-state index in [1.165, 1.54) is 37.3 Å². The van der Waals surface area contributed by atoms with E-state index in [0.29, 0.717) is 15.7 Å². The number of amides is 4. The highest BCUT2D eigenvalue weighted by Gasteiger charge is 2.41. The average molecular weight is 521 g/mol. The van der Waals surface area contributed by atoms with E-state index in [1.807, 2.05) is 0 Å². The molecule has 0 heterocycles. The summed E-state index contributed by atoms with van der Waals surface area (Å²) in [5.41, 5.74) is 0.0558. The number of hydrogen-bond acceptors (Lipinski definition) is 6. The van der Waals surface area contributed by atoms with Gasteiger partial charge in [0.1, 0.15) is 5.56 Å². The Balaban J connectivity index is 2.18. The molecule has 2 aromatic carbocycles. The number of carbonyl (C=O) groups excluding carboxylic acids is 3. The summed E-state index contributed by atoms with van der Waals surface area (Å²) in [7, 11) is 0. The molecular formula is C18H16Cl3N5O5S. The Labute approximate surface area is 202 Å². The summed E-state index contributed by atoms with van der Waals surface area (Å²) in [6, 6.07) is 10.4. The third-order valence-corrected chi connectivity index (χ3v) is 4.87. The normalized spacial score (nSPS) is 11.8. The van der Waals surface area contributed by atoms with Crippen LogP contribution in [0.3, 0.4) is 0 Å². The number of anilines is 2. The van der Waals surface area contributed by atoms with Gasteiger partial charge in [-0.2, -0.15) is 0 Å². The van der Waals surface area contributed by atoms with E-state index in [-0.39, 0.29) is 11.5 Å². The molecular weight excluding hydrogens is 505 g/mol. The van der Waals surface area contributed by atoms with Gasteiger partial charge in [-0.15, -0.1) is 0 Å². The number of alkyl halides is 3. The van der Waals surface area contributed by atoms with Crippen LogP contribution in [0.4, 0.5) is 21.9 Å². The first kappa shape index (κ1) is 25.5. The van der Waals surface area contributed by atoms with Crippen molar-refractivity contribution in [3.63, 3.8) is 0 Å². The van der Waals surface area contributed by atoms with Crippen LogP contribution in [0.2, 0.25) is 0 Å². The van der Waals surface area contributed by atoms with E-state index in [1.54, 1.807) is 12.1 Å². The summed E-state index contributed by atoms with van der Waals surface area (Å²) in [6.45, 7) is 1.35. The summed E-state index contributed by atoms with van der Waals surface area (Å²) in [6.07, 6.45) is -1.61. The number of benzene rings is 2. The summed E-state index contributed by atoms with van der Waals surface area (Å²) in [4.78, 5) is 46.7. The average Bonchev–Trinajstić information content (AvgIpc) is 2.71. The number of para-hydroxylation sites is 1. The quantitative estimate of drug-likeness (QED) is 0.148. The lowest BCUT2D eigenvalue weighted by atomic mass is 10.1. The number of thiol groups is 1. The van der Waals surface area contributed by atoms with Crippen molar-refractivity contribution in [1.29, 1.82) is 0 Å². The minimum Gasteiger partial charge on any atom is -0.327 e. The molecule has 0 saturated carbocycles. The fraction of sp³-hybridized carbons (Fsp3) is 0.167. The molecule has 0 aliphatic carbocycles. The smallest absolute Gasteiger partial charge is 0.327 e. The van der Waals surface area contributed by atoms with E-state index in [9.17, 15) is 24.5 Å². The van der Waals surface area contributed by atoms with Gasteiger partial charge in [0.25, 0.3) is 11.6 Å².